The first-order valence-electron chi connectivity index (χ1n) is 6.17. The van der Waals surface area contributed by atoms with Gasteiger partial charge in [0.15, 0.2) is 5.82 Å². The molecule has 2 N–H and O–H groups in total. The molecule has 1 aromatic rings. The number of carbonyl (C=O) groups excluding carboxylic acids is 1. The number of carbonyl (C=O) groups is 1. The van der Waals surface area contributed by atoms with E-state index >= 15 is 0 Å². The summed E-state index contributed by atoms with van der Waals surface area (Å²) in [6.07, 6.45) is 3.58. The first-order valence-corrected chi connectivity index (χ1v) is 6.17. The fourth-order valence-electron chi connectivity index (χ4n) is 2.34. The van der Waals surface area contributed by atoms with Crippen molar-refractivity contribution < 1.29 is 9.53 Å². The van der Waals surface area contributed by atoms with Gasteiger partial charge in [0.25, 0.3) is 0 Å². The van der Waals surface area contributed by atoms with Gasteiger partial charge in [-0.1, -0.05) is 0 Å². The summed E-state index contributed by atoms with van der Waals surface area (Å²) < 4.78 is 4.81. The molecule has 1 atom stereocenters. The molecular weight excluding hydrogens is 230 g/mol. The molecule has 1 saturated heterocycles. The Morgan fingerprint density at radius 2 is 2.39 bits per heavy atom. The van der Waals surface area contributed by atoms with Gasteiger partial charge in [0, 0.05) is 19.3 Å². The molecule has 1 aliphatic heterocycles. The number of nitrogen functional groups attached to an aromatic ring is 1. The van der Waals surface area contributed by atoms with Crippen LogP contribution in [0.3, 0.4) is 0 Å². The Morgan fingerprint density at radius 3 is 3.11 bits per heavy atom. The molecule has 2 heterocycles. The number of pyridine rings is 1. The van der Waals surface area contributed by atoms with Crippen LogP contribution in [0.4, 0.5) is 11.5 Å². The molecule has 18 heavy (non-hydrogen) atoms. The molecule has 0 aromatic carbocycles. The molecule has 0 amide bonds. The maximum Gasteiger partial charge on any atom is 0.310 e. The fourth-order valence-corrected chi connectivity index (χ4v) is 2.34. The average Bonchev–Trinajstić information content (AvgIpc) is 2.41. The van der Waals surface area contributed by atoms with E-state index in [2.05, 4.69) is 9.88 Å². The Labute approximate surface area is 107 Å². The molecule has 0 aliphatic carbocycles. The van der Waals surface area contributed by atoms with Crippen molar-refractivity contribution in [2.75, 3.05) is 30.8 Å². The van der Waals surface area contributed by atoms with Crippen molar-refractivity contribution in [3.63, 3.8) is 0 Å². The number of rotatable bonds is 2. The van der Waals surface area contributed by atoms with Crippen LogP contribution in [0.2, 0.25) is 0 Å². The minimum atomic E-state index is -0.147. The third-order valence-corrected chi connectivity index (χ3v) is 3.44. The molecule has 2 rings (SSSR count). The lowest BCUT2D eigenvalue weighted by Crippen LogP contribution is -2.40. The Balaban J connectivity index is 2.18. The van der Waals surface area contributed by atoms with Crippen LogP contribution in [0.25, 0.3) is 0 Å². The normalized spacial score (nSPS) is 19.7. The fraction of sp³-hybridized carbons (Fsp3) is 0.538. The van der Waals surface area contributed by atoms with Crippen LogP contribution in [0, 0.1) is 12.8 Å². The molecule has 0 spiro atoms. The second-order valence-corrected chi connectivity index (χ2v) is 4.67. The number of aryl methyl sites for hydroxylation is 1. The van der Waals surface area contributed by atoms with Gasteiger partial charge in [-0.15, -0.1) is 0 Å². The zero-order valence-corrected chi connectivity index (χ0v) is 10.8. The van der Waals surface area contributed by atoms with E-state index < -0.39 is 0 Å². The Morgan fingerprint density at radius 1 is 1.61 bits per heavy atom. The van der Waals surface area contributed by atoms with Crippen molar-refractivity contribution in [2.24, 2.45) is 5.92 Å². The topological polar surface area (TPSA) is 68.5 Å². The van der Waals surface area contributed by atoms with Crippen molar-refractivity contribution in [2.45, 2.75) is 19.8 Å². The smallest absolute Gasteiger partial charge is 0.310 e. The molecule has 5 heteroatoms. The summed E-state index contributed by atoms with van der Waals surface area (Å²) in [6, 6.07) is 1.89. The Hall–Kier alpha value is -1.78. The van der Waals surface area contributed by atoms with Gasteiger partial charge in [-0.05, 0) is 31.4 Å². The second kappa shape index (κ2) is 5.25. The number of aromatic nitrogens is 1. The molecule has 0 saturated carbocycles. The highest BCUT2D eigenvalue weighted by Crippen LogP contribution is 2.28. The highest BCUT2D eigenvalue weighted by molar-refractivity contribution is 5.74. The number of hydrogen-bond acceptors (Lipinski definition) is 5. The monoisotopic (exact) mass is 249 g/mol. The van der Waals surface area contributed by atoms with Crippen LogP contribution in [-0.2, 0) is 9.53 Å². The van der Waals surface area contributed by atoms with Gasteiger partial charge in [-0.25, -0.2) is 4.98 Å². The lowest BCUT2D eigenvalue weighted by Gasteiger charge is -2.33. The number of methoxy groups -OCH3 is 1. The van der Waals surface area contributed by atoms with Crippen molar-refractivity contribution in [3.05, 3.63) is 17.8 Å². The van der Waals surface area contributed by atoms with Gasteiger partial charge in [-0.3, -0.25) is 4.79 Å². The van der Waals surface area contributed by atoms with Crippen LogP contribution in [0.15, 0.2) is 12.3 Å². The third kappa shape index (κ3) is 2.39. The van der Waals surface area contributed by atoms with Crippen LogP contribution in [-0.4, -0.2) is 31.2 Å². The predicted molar refractivity (Wildman–Crippen MR) is 70.3 cm³/mol. The van der Waals surface area contributed by atoms with Crippen molar-refractivity contribution >= 4 is 17.5 Å². The van der Waals surface area contributed by atoms with Crippen LogP contribution >= 0.6 is 0 Å². The summed E-state index contributed by atoms with van der Waals surface area (Å²) >= 11 is 0. The molecule has 5 nitrogen and oxygen atoms in total. The van der Waals surface area contributed by atoms with Gasteiger partial charge in [0.2, 0.25) is 0 Å². The molecule has 98 valence electrons. The van der Waals surface area contributed by atoms with E-state index in [1.54, 1.807) is 6.20 Å². The number of anilines is 2. The van der Waals surface area contributed by atoms with Gasteiger partial charge in [0.05, 0.1) is 18.7 Å². The predicted octanol–water partition coefficient (Wildman–Crippen LogP) is 1.36. The Kier molecular flexibility index (Phi) is 3.69. The van der Waals surface area contributed by atoms with Crippen molar-refractivity contribution in [3.8, 4) is 0 Å². The minimum Gasteiger partial charge on any atom is -0.469 e. The van der Waals surface area contributed by atoms with E-state index in [0.717, 1.165) is 30.8 Å². The molecule has 1 unspecified atom stereocenters. The number of nitrogens with zero attached hydrogens (tertiary/aromatic N) is 2. The molecule has 1 aliphatic rings. The number of hydrogen-bond donors (Lipinski definition) is 1. The third-order valence-electron chi connectivity index (χ3n) is 3.44. The molecular formula is C13H19N3O2. The van der Waals surface area contributed by atoms with Gasteiger partial charge in [0.1, 0.15) is 0 Å². The highest BCUT2D eigenvalue weighted by atomic mass is 16.5. The van der Waals surface area contributed by atoms with Crippen LogP contribution in [0.1, 0.15) is 18.4 Å². The lowest BCUT2D eigenvalue weighted by molar-refractivity contribution is -0.145. The minimum absolute atomic E-state index is 0.0783. The van der Waals surface area contributed by atoms with E-state index in [1.807, 2.05) is 13.0 Å². The second-order valence-electron chi connectivity index (χ2n) is 4.67. The number of nitrogens with two attached hydrogens (primary N) is 1. The van der Waals surface area contributed by atoms with Crippen molar-refractivity contribution in [1.29, 1.82) is 0 Å². The molecule has 1 fully saturated rings. The summed E-state index contributed by atoms with van der Waals surface area (Å²) in [4.78, 5) is 18.0. The van der Waals surface area contributed by atoms with E-state index in [-0.39, 0.29) is 11.9 Å². The first kappa shape index (κ1) is 12.7. The van der Waals surface area contributed by atoms with Gasteiger partial charge >= 0.3 is 5.97 Å². The first-order chi connectivity index (χ1) is 8.63. The number of esters is 1. The highest BCUT2D eigenvalue weighted by Gasteiger charge is 2.28. The van der Waals surface area contributed by atoms with Gasteiger partial charge in [-0.2, -0.15) is 0 Å². The summed E-state index contributed by atoms with van der Waals surface area (Å²) in [5.74, 6) is 0.556. The summed E-state index contributed by atoms with van der Waals surface area (Å²) in [5, 5.41) is 0. The molecule has 1 aromatic heterocycles. The van der Waals surface area contributed by atoms with E-state index in [1.165, 1.54) is 7.11 Å². The standard InChI is InChI=1S/C13H19N3O2/c1-9-5-6-15-12(11(9)14)16-7-3-4-10(8-16)13(17)18-2/h5-6,10H,3-4,7-8,14H2,1-2H3. The summed E-state index contributed by atoms with van der Waals surface area (Å²) in [6.45, 7) is 3.48. The maximum atomic E-state index is 11.6. The summed E-state index contributed by atoms with van der Waals surface area (Å²) in [5.41, 5.74) is 7.76. The van der Waals surface area contributed by atoms with Gasteiger partial charge < -0.3 is 15.4 Å². The number of ether oxygens (including phenoxy) is 1. The maximum absolute atomic E-state index is 11.6. The Bertz CT molecular complexity index is 448. The lowest BCUT2D eigenvalue weighted by atomic mass is 9.98. The van der Waals surface area contributed by atoms with E-state index in [9.17, 15) is 4.79 Å². The van der Waals surface area contributed by atoms with Crippen LogP contribution < -0.4 is 10.6 Å². The van der Waals surface area contributed by atoms with E-state index in [0.29, 0.717) is 12.2 Å². The van der Waals surface area contributed by atoms with E-state index in [4.69, 9.17) is 10.5 Å². The molecule has 0 bridgehead atoms. The van der Waals surface area contributed by atoms with Crippen molar-refractivity contribution in [1.82, 2.24) is 4.98 Å². The summed E-state index contributed by atoms with van der Waals surface area (Å²) in [7, 11) is 1.43. The zero-order chi connectivity index (χ0) is 13.1. The zero-order valence-electron chi connectivity index (χ0n) is 10.8. The largest absolute Gasteiger partial charge is 0.469 e. The molecule has 0 radical (unpaired) electrons. The number of piperidine rings is 1. The quantitative estimate of drug-likeness (QED) is 0.801. The van der Waals surface area contributed by atoms with Crippen LogP contribution in [0.5, 0.6) is 0 Å². The average molecular weight is 249 g/mol. The SMILES string of the molecule is COC(=O)C1CCCN(c2nccc(C)c2N)C1.